The van der Waals surface area contributed by atoms with Crippen LogP contribution in [0.2, 0.25) is 0 Å². The van der Waals surface area contributed by atoms with E-state index in [4.69, 9.17) is 5.11 Å². The molecular weight excluding hydrogens is 330 g/mol. The van der Waals surface area contributed by atoms with Crippen LogP contribution in [0.5, 0.6) is 0 Å². The van der Waals surface area contributed by atoms with Crippen molar-refractivity contribution in [1.29, 1.82) is 0 Å². The lowest BCUT2D eigenvalue weighted by atomic mass is 9.79. The lowest BCUT2D eigenvalue weighted by Crippen LogP contribution is -2.20. The molecule has 0 aliphatic heterocycles. The summed E-state index contributed by atoms with van der Waals surface area (Å²) in [6.45, 7) is 12.6. The van der Waals surface area contributed by atoms with Crippen LogP contribution in [0.3, 0.4) is 0 Å². The molecule has 0 aliphatic rings. The summed E-state index contributed by atoms with van der Waals surface area (Å²) in [5.74, 6) is -1.38. The molecule has 2 rings (SSSR count). The Morgan fingerprint density at radius 3 is 1.69 bits per heavy atom. The number of carbonyl (C=O) groups is 2. The molecule has 1 aromatic heterocycles. The average molecular weight is 355 g/mol. The summed E-state index contributed by atoms with van der Waals surface area (Å²) in [5, 5.41) is 11.5. The highest BCUT2D eigenvalue weighted by molar-refractivity contribution is 6.03. The van der Waals surface area contributed by atoms with Crippen molar-refractivity contribution in [1.82, 2.24) is 9.97 Å². The second-order valence-corrected chi connectivity index (χ2v) is 8.35. The molecule has 6 nitrogen and oxygen atoms in total. The number of aromatic nitrogens is 2. The Morgan fingerprint density at radius 2 is 1.31 bits per heavy atom. The molecule has 138 valence electrons. The quantitative estimate of drug-likeness (QED) is 0.867. The predicted octanol–water partition coefficient (Wildman–Crippen LogP) is 4.02. The Balaban J connectivity index is 2.37. The van der Waals surface area contributed by atoms with Gasteiger partial charge >= 0.3 is 5.97 Å². The van der Waals surface area contributed by atoms with Crippen molar-refractivity contribution in [2.75, 3.05) is 5.32 Å². The summed E-state index contributed by atoms with van der Waals surface area (Å²) in [6.07, 6.45) is 2.33. The van der Waals surface area contributed by atoms with Gasteiger partial charge in [0.1, 0.15) is 0 Å². The summed E-state index contributed by atoms with van der Waals surface area (Å²) >= 11 is 0. The number of carboxylic acid groups (broad SMARTS) is 1. The van der Waals surface area contributed by atoms with Gasteiger partial charge in [0.25, 0.3) is 5.91 Å². The van der Waals surface area contributed by atoms with Crippen molar-refractivity contribution in [3.8, 4) is 0 Å². The molecule has 2 N–H and O–H groups in total. The zero-order valence-electron chi connectivity index (χ0n) is 16.0. The molecular formula is C20H25N3O3. The Morgan fingerprint density at radius 1 is 0.846 bits per heavy atom. The maximum Gasteiger partial charge on any atom is 0.338 e. The van der Waals surface area contributed by atoms with Gasteiger partial charge in [0.05, 0.1) is 5.56 Å². The van der Waals surface area contributed by atoms with Gasteiger partial charge in [-0.3, -0.25) is 10.1 Å². The van der Waals surface area contributed by atoms with Crippen LogP contribution < -0.4 is 5.32 Å². The van der Waals surface area contributed by atoms with Gasteiger partial charge in [-0.1, -0.05) is 47.6 Å². The highest BCUT2D eigenvalue weighted by Crippen LogP contribution is 2.30. The van der Waals surface area contributed by atoms with Gasteiger partial charge in [0, 0.05) is 18.0 Å². The fourth-order valence-electron chi connectivity index (χ4n) is 2.30. The second-order valence-electron chi connectivity index (χ2n) is 8.35. The number of rotatable bonds is 3. The summed E-state index contributed by atoms with van der Waals surface area (Å²) in [5.41, 5.74) is 2.42. The maximum absolute atomic E-state index is 12.7. The van der Waals surface area contributed by atoms with Crippen molar-refractivity contribution in [2.45, 2.75) is 52.4 Å². The summed E-state index contributed by atoms with van der Waals surface area (Å²) in [4.78, 5) is 31.3. The largest absolute Gasteiger partial charge is 0.478 e. The van der Waals surface area contributed by atoms with Crippen LogP contribution >= 0.6 is 0 Å². The maximum atomic E-state index is 12.7. The summed E-state index contributed by atoms with van der Waals surface area (Å²) in [7, 11) is 0. The molecule has 0 saturated carbocycles. The molecule has 6 heteroatoms. The van der Waals surface area contributed by atoms with Gasteiger partial charge in [-0.25, -0.2) is 14.8 Å². The number of amides is 1. The molecule has 1 heterocycles. The molecule has 0 bridgehead atoms. The predicted molar refractivity (Wildman–Crippen MR) is 101 cm³/mol. The van der Waals surface area contributed by atoms with Crippen LogP contribution in [0, 0.1) is 0 Å². The van der Waals surface area contributed by atoms with E-state index in [0.717, 1.165) is 23.5 Å². The monoisotopic (exact) mass is 355 g/mol. The average Bonchev–Trinajstić information content (AvgIpc) is 2.53. The fraction of sp³-hybridized carbons (Fsp3) is 0.400. The zero-order chi connectivity index (χ0) is 19.7. The van der Waals surface area contributed by atoms with E-state index in [0.29, 0.717) is 5.56 Å². The van der Waals surface area contributed by atoms with Gasteiger partial charge < -0.3 is 5.11 Å². The highest BCUT2D eigenvalue weighted by atomic mass is 16.4. The van der Waals surface area contributed by atoms with Crippen LogP contribution in [0.1, 0.15) is 73.4 Å². The van der Waals surface area contributed by atoms with Gasteiger partial charge in [-0.05, 0) is 34.1 Å². The summed E-state index contributed by atoms with van der Waals surface area (Å²) in [6, 6.07) is 5.88. The number of nitrogens with one attached hydrogen (secondary N) is 1. The first-order valence-electron chi connectivity index (χ1n) is 8.40. The summed E-state index contributed by atoms with van der Waals surface area (Å²) < 4.78 is 0. The van der Waals surface area contributed by atoms with Gasteiger partial charge in [0.2, 0.25) is 5.95 Å². The number of hydrogen-bond donors (Lipinski definition) is 2. The molecule has 0 saturated heterocycles. The topological polar surface area (TPSA) is 92.2 Å². The highest BCUT2D eigenvalue weighted by Gasteiger charge is 2.22. The van der Waals surface area contributed by atoms with Crippen molar-refractivity contribution < 1.29 is 14.7 Å². The number of benzene rings is 1. The fourth-order valence-corrected chi connectivity index (χ4v) is 2.30. The number of anilines is 1. The van der Waals surface area contributed by atoms with Crippen molar-refractivity contribution >= 4 is 17.8 Å². The smallest absolute Gasteiger partial charge is 0.338 e. The van der Waals surface area contributed by atoms with E-state index in [9.17, 15) is 9.59 Å². The number of carbonyl (C=O) groups excluding carboxylic acids is 1. The Labute approximate surface area is 153 Å². The van der Waals surface area contributed by atoms with E-state index in [1.165, 1.54) is 0 Å². The first-order valence-corrected chi connectivity index (χ1v) is 8.40. The van der Waals surface area contributed by atoms with Crippen LogP contribution in [0.15, 0.2) is 30.6 Å². The minimum Gasteiger partial charge on any atom is -0.478 e. The van der Waals surface area contributed by atoms with Gasteiger partial charge in [0.15, 0.2) is 0 Å². The molecule has 2 aromatic rings. The molecule has 0 radical (unpaired) electrons. The third kappa shape index (κ3) is 4.65. The van der Waals surface area contributed by atoms with E-state index >= 15 is 0 Å². The third-order valence-electron chi connectivity index (χ3n) is 4.05. The number of aromatic carboxylic acids is 1. The second kappa shape index (κ2) is 6.86. The minimum atomic E-state index is -1.12. The molecule has 0 aliphatic carbocycles. The van der Waals surface area contributed by atoms with E-state index < -0.39 is 5.97 Å². The lowest BCUT2D eigenvalue weighted by molar-refractivity contribution is 0.0696. The van der Waals surface area contributed by atoms with Crippen LogP contribution in [-0.4, -0.2) is 27.0 Å². The van der Waals surface area contributed by atoms with Crippen molar-refractivity contribution in [3.63, 3.8) is 0 Å². The van der Waals surface area contributed by atoms with E-state index in [1.807, 2.05) is 12.1 Å². The number of hydrogen-bond acceptors (Lipinski definition) is 4. The van der Waals surface area contributed by atoms with Gasteiger partial charge in [-0.2, -0.15) is 0 Å². The SMILES string of the molecule is CC(C)(C)c1cc(C(=O)Nc2ncc(C(=O)O)cn2)cc(C(C)(C)C)c1. The van der Waals surface area contributed by atoms with Crippen LogP contribution in [-0.2, 0) is 10.8 Å². The molecule has 0 spiro atoms. The molecule has 0 fully saturated rings. The Hall–Kier alpha value is -2.76. The Bertz CT molecular complexity index is 797. The van der Waals surface area contributed by atoms with Gasteiger partial charge in [-0.15, -0.1) is 0 Å². The normalized spacial score (nSPS) is 11.9. The number of carboxylic acids is 1. The van der Waals surface area contributed by atoms with Crippen LogP contribution in [0.4, 0.5) is 5.95 Å². The first kappa shape index (κ1) is 19.6. The molecule has 1 aromatic carbocycles. The lowest BCUT2D eigenvalue weighted by Gasteiger charge is -2.26. The van der Waals surface area contributed by atoms with Crippen LogP contribution in [0.25, 0.3) is 0 Å². The minimum absolute atomic E-state index is 0.0345. The molecule has 0 atom stereocenters. The molecule has 1 amide bonds. The molecule has 26 heavy (non-hydrogen) atoms. The van der Waals surface area contributed by atoms with E-state index in [-0.39, 0.29) is 28.2 Å². The Kier molecular flexibility index (Phi) is 5.16. The van der Waals surface area contributed by atoms with Crippen molar-refractivity contribution in [2.24, 2.45) is 0 Å². The van der Waals surface area contributed by atoms with Crippen molar-refractivity contribution in [3.05, 3.63) is 52.8 Å². The first-order chi connectivity index (χ1) is 11.9. The third-order valence-corrected chi connectivity index (χ3v) is 4.05. The zero-order valence-corrected chi connectivity index (χ0v) is 16.0. The van der Waals surface area contributed by atoms with E-state index in [1.54, 1.807) is 0 Å². The molecule has 0 unspecified atom stereocenters. The number of nitrogens with zero attached hydrogens (tertiary/aromatic N) is 2. The van der Waals surface area contributed by atoms with E-state index in [2.05, 4.69) is 62.9 Å². The standard InChI is InChI=1S/C20H25N3O3/c1-19(2,3)14-7-12(8-15(9-14)20(4,5)6)16(24)23-18-21-10-13(11-22-18)17(25)26/h7-11H,1-6H3,(H,25,26)(H,21,22,23,24).